The van der Waals surface area contributed by atoms with Crippen molar-refractivity contribution in [1.82, 2.24) is 0 Å². The lowest BCUT2D eigenvalue weighted by Crippen LogP contribution is -1.89. The van der Waals surface area contributed by atoms with Gasteiger partial charge in [0.15, 0.2) is 0 Å². The third-order valence-corrected chi connectivity index (χ3v) is 2.13. The van der Waals surface area contributed by atoms with Crippen molar-refractivity contribution in [2.24, 2.45) is 0 Å². The van der Waals surface area contributed by atoms with Crippen LogP contribution >= 0.6 is 0 Å². The van der Waals surface area contributed by atoms with Crippen LogP contribution in [0.4, 0.5) is 8.78 Å². The van der Waals surface area contributed by atoms with Gasteiger partial charge in [0.1, 0.15) is 11.6 Å². The summed E-state index contributed by atoms with van der Waals surface area (Å²) < 4.78 is 25.5. The fourth-order valence-corrected chi connectivity index (χ4v) is 1.41. The van der Waals surface area contributed by atoms with Gasteiger partial charge in [0, 0.05) is 0 Å². The third-order valence-electron chi connectivity index (χ3n) is 2.13. The molecule has 1 radical (unpaired) electrons. The first-order chi connectivity index (χ1) is 7.24. The molecule has 0 aromatic heterocycles. The molecule has 0 unspecified atom stereocenters. The van der Waals surface area contributed by atoms with Gasteiger partial charge in [-0.3, -0.25) is 0 Å². The Morgan fingerprint density at radius 1 is 0.933 bits per heavy atom. The van der Waals surface area contributed by atoms with Crippen molar-refractivity contribution in [2.45, 2.75) is 6.42 Å². The first-order valence-corrected chi connectivity index (χ1v) is 4.64. The minimum absolute atomic E-state index is 0.262. The van der Waals surface area contributed by atoms with Crippen LogP contribution in [0.5, 0.6) is 0 Å². The molecule has 0 amide bonds. The van der Waals surface area contributed by atoms with E-state index in [0.717, 1.165) is 11.1 Å². The normalized spacial score (nSPS) is 10.3. The fraction of sp³-hybridized carbons (Fsp3) is 0.0769. The Morgan fingerprint density at radius 2 is 1.67 bits per heavy atom. The van der Waals surface area contributed by atoms with E-state index >= 15 is 0 Å². The number of hydrogen-bond donors (Lipinski definition) is 0. The highest BCUT2D eigenvalue weighted by Crippen LogP contribution is 2.10. The van der Waals surface area contributed by atoms with Gasteiger partial charge >= 0.3 is 0 Å². The Kier molecular flexibility index (Phi) is 2.77. The Bertz CT molecular complexity index is 446. The molecule has 0 heterocycles. The van der Waals surface area contributed by atoms with E-state index in [4.69, 9.17) is 0 Å². The fourth-order valence-electron chi connectivity index (χ4n) is 1.41. The van der Waals surface area contributed by atoms with Crippen LogP contribution < -0.4 is 0 Å². The lowest BCUT2D eigenvalue weighted by molar-refractivity contribution is 0.624. The second-order valence-electron chi connectivity index (χ2n) is 3.34. The first-order valence-electron chi connectivity index (χ1n) is 4.64. The molecule has 2 aromatic rings. The lowest BCUT2D eigenvalue weighted by atomic mass is 10.1. The molecule has 75 valence electrons. The highest BCUT2D eigenvalue weighted by atomic mass is 19.1. The van der Waals surface area contributed by atoms with Gasteiger partial charge in [-0.05, 0) is 47.9 Å². The Balaban J connectivity index is 2.18. The molecule has 0 saturated carbocycles. The minimum Gasteiger partial charge on any atom is -0.207 e. The molecule has 2 heteroatoms. The number of halogens is 2. The molecule has 0 nitrogen and oxygen atoms in total. The van der Waals surface area contributed by atoms with Gasteiger partial charge in [0.25, 0.3) is 0 Å². The molecule has 0 bridgehead atoms. The van der Waals surface area contributed by atoms with Gasteiger partial charge in [0.05, 0.1) is 0 Å². The number of benzene rings is 2. The maximum Gasteiger partial charge on any atom is 0.123 e. The van der Waals surface area contributed by atoms with E-state index in [9.17, 15) is 8.78 Å². The average molecular weight is 203 g/mol. The molecule has 0 saturated heterocycles. The van der Waals surface area contributed by atoms with E-state index in [0.29, 0.717) is 6.42 Å². The van der Waals surface area contributed by atoms with Crippen LogP contribution in [0.2, 0.25) is 0 Å². The van der Waals surface area contributed by atoms with Crippen LogP contribution in [0.25, 0.3) is 0 Å². The second-order valence-corrected chi connectivity index (χ2v) is 3.34. The van der Waals surface area contributed by atoms with Crippen molar-refractivity contribution in [2.75, 3.05) is 0 Å². The van der Waals surface area contributed by atoms with Crippen molar-refractivity contribution in [3.8, 4) is 0 Å². The molecule has 2 rings (SSSR count). The molecule has 2 aromatic carbocycles. The highest BCUT2D eigenvalue weighted by Gasteiger charge is 1.98. The summed E-state index contributed by atoms with van der Waals surface area (Å²) in [5.41, 5.74) is 1.71. The predicted octanol–water partition coefficient (Wildman–Crippen LogP) is 3.36. The van der Waals surface area contributed by atoms with Gasteiger partial charge in [-0.2, -0.15) is 0 Å². The summed E-state index contributed by atoms with van der Waals surface area (Å²) in [6.07, 6.45) is 0.568. The van der Waals surface area contributed by atoms with Crippen LogP contribution in [-0.2, 0) is 6.42 Å². The molecule has 0 aliphatic carbocycles. The summed E-state index contributed by atoms with van der Waals surface area (Å²) in [4.78, 5) is 0. The summed E-state index contributed by atoms with van der Waals surface area (Å²) in [7, 11) is 0. The quantitative estimate of drug-likeness (QED) is 0.702. The van der Waals surface area contributed by atoms with Crippen LogP contribution in [0, 0.1) is 17.7 Å². The highest BCUT2D eigenvalue weighted by molar-refractivity contribution is 5.25. The van der Waals surface area contributed by atoms with Gasteiger partial charge < -0.3 is 0 Å². The van der Waals surface area contributed by atoms with E-state index in [1.54, 1.807) is 18.2 Å². The van der Waals surface area contributed by atoms with E-state index in [2.05, 4.69) is 6.07 Å². The van der Waals surface area contributed by atoms with Crippen molar-refractivity contribution < 1.29 is 8.78 Å². The summed E-state index contributed by atoms with van der Waals surface area (Å²) >= 11 is 0. The van der Waals surface area contributed by atoms with Crippen LogP contribution in [0.15, 0.2) is 42.5 Å². The van der Waals surface area contributed by atoms with Crippen molar-refractivity contribution in [3.63, 3.8) is 0 Å². The van der Waals surface area contributed by atoms with Gasteiger partial charge in [-0.1, -0.05) is 18.2 Å². The number of rotatable bonds is 2. The lowest BCUT2D eigenvalue weighted by Gasteiger charge is -2.01. The molecule has 0 spiro atoms. The smallest absolute Gasteiger partial charge is 0.123 e. The molecular weight excluding hydrogens is 194 g/mol. The Labute approximate surface area is 87.2 Å². The van der Waals surface area contributed by atoms with Crippen molar-refractivity contribution >= 4 is 0 Å². The van der Waals surface area contributed by atoms with E-state index in [-0.39, 0.29) is 11.6 Å². The van der Waals surface area contributed by atoms with Gasteiger partial charge in [-0.25, -0.2) is 8.78 Å². The summed E-state index contributed by atoms with van der Waals surface area (Å²) in [6, 6.07) is 13.4. The largest absolute Gasteiger partial charge is 0.207 e. The summed E-state index contributed by atoms with van der Waals surface area (Å²) in [6.45, 7) is 0. The van der Waals surface area contributed by atoms with Crippen molar-refractivity contribution in [1.29, 1.82) is 0 Å². The van der Waals surface area contributed by atoms with Gasteiger partial charge in [-0.15, -0.1) is 0 Å². The molecule has 15 heavy (non-hydrogen) atoms. The molecular formula is C13H9F2. The minimum atomic E-state index is -0.272. The van der Waals surface area contributed by atoms with Crippen LogP contribution in [0.3, 0.4) is 0 Å². The molecule has 0 N–H and O–H groups in total. The van der Waals surface area contributed by atoms with E-state index in [1.807, 2.05) is 0 Å². The average Bonchev–Trinajstić information content (AvgIpc) is 2.22. The molecule has 0 aliphatic rings. The zero-order valence-electron chi connectivity index (χ0n) is 8.00. The Hall–Kier alpha value is -1.70. The van der Waals surface area contributed by atoms with Gasteiger partial charge in [0.2, 0.25) is 0 Å². The maximum atomic E-state index is 12.9. The second kappa shape index (κ2) is 4.22. The first kappa shape index (κ1) is 9.84. The summed E-state index contributed by atoms with van der Waals surface area (Å²) in [5.74, 6) is -0.534. The number of hydrogen-bond acceptors (Lipinski definition) is 0. The van der Waals surface area contributed by atoms with Crippen LogP contribution in [-0.4, -0.2) is 0 Å². The predicted molar refractivity (Wildman–Crippen MR) is 54.4 cm³/mol. The molecule has 0 atom stereocenters. The van der Waals surface area contributed by atoms with E-state index < -0.39 is 0 Å². The van der Waals surface area contributed by atoms with E-state index in [1.165, 1.54) is 24.3 Å². The molecule has 0 aliphatic heterocycles. The molecule has 0 fully saturated rings. The zero-order chi connectivity index (χ0) is 10.7. The van der Waals surface area contributed by atoms with Crippen molar-refractivity contribution in [3.05, 3.63) is 71.3 Å². The topological polar surface area (TPSA) is 0 Å². The maximum absolute atomic E-state index is 12.9. The summed E-state index contributed by atoms with van der Waals surface area (Å²) in [5, 5.41) is 0. The van der Waals surface area contributed by atoms with Crippen LogP contribution in [0.1, 0.15) is 11.1 Å². The SMILES string of the molecule is Fc1ccc(Cc2[c]ccc(F)c2)cc1. The zero-order valence-corrected chi connectivity index (χ0v) is 8.00. The monoisotopic (exact) mass is 203 g/mol. The Morgan fingerprint density at radius 3 is 2.33 bits per heavy atom. The standard InChI is InChI=1S/C13H9F2/c14-12-6-4-10(5-7-12)8-11-2-1-3-13(15)9-11/h1,3-7,9H,8H2. The third kappa shape index (κ3) is 2.62.